The van der Waals surface area contributed by atoms with Gasteiger partial charge >= 0.3 is 0 Å². The van der Waals surface area contributed by atoms with E-state index in [1.165, 1.54) is 6.20 Å². The highest BCUT2D eigenvalue weighted by Crippen LogP contribution is 2.13. The van der Waals surface area contributed by atoms with Crippen molar-refractivity contribution >= 4 is 29.9 Å². The summed E-state index contributed by atoms with van der Waals surface area (Å²) in [7, 11) is 0. The van der Waals surface area contributed by atoms with Crippen LogP contribution in [-0.2, 0) is 0 Å². The number of carbonyl (C=O) groups is 1. The lowest BCUT2D eigenvalue weighted by Crippen LogP contribution is -2.45. The first kappa shape index (κ1) is 17.5. The number of hydrogen-bond acceptors (Lipinski definition) is 3. The maximum atomic E-state index is 11.9. The number of halogens is 2. The first-order valence-electron chi connectivity index (χ1n) is 6.23. The first-order valence-corrected chi connectivity index (χ1v) is 6.61. The van der Waals surface area contributed by atoms with Crippen molar-refractivity contribution in [3.8, 4) is 5.69 Å². The van der Waals surface area contributed by atoms with Crippen LogP contribution >= 0.6 is 24.0 Å². The summed E-state index contributed by atoms with van der Waals surface area (Å²) < 4.78 is 1.62. The van der Waals surface area contributed by atoms with E-state index in [9.17, 15) is 4.79 Å². The molecule has 1 heterocycles. The molecule has 2 aromatic rings. The summed E-state index contributed by atoms with van der Waals surface area (Å²) in [5.74, 6) is -0.191. The lowest BCUT2D eigenvalue weighted by atomic mass is 10.1. The normalized spacial score (nSPS) is 10.9. The smallest absolute Gasteiger partial charge is 0.254 e. The zero-order valence-corrected chi connectivity index (χ0v) is 13.4. The second-order valence-corrected chi connectivity index (χ2v) is 5.76. The van der Waals surface area contributed by atoms with Gasteiger partial charge in [-0.2, -0.15) is 5.10 Å². The molecule has 0 radical (unpaired) electrons. The summed E-state index contributed by atoms with van der Waals surface area (Å²) in [4.78, 5) is 11.9. The standard InChI is InChI=1S/C14H17ClN4O.ClH/c1-14(2,16)9-17-13(20)10-7-18-19(8-10)12-5-3-11(15)4-6-12;/h3-8H,9,16H2,1-2H3,(H,17,20);1H. The van der Waals surface area contributed by atoms with Crippen LogP contribution in [0.15, 0.2) is 36.7 Å². The van der Waals surface area contributed by atoms with Crippen molar-refractivity contribution in [2.75, 3.05) is 6.54 Å². The molecule has 0 fully saturated rings. The zero-order valence-electron chi connectivity index (χ0n) is 11.8. The first-order chi connectivity index (χ1) is 9.35. The number of nitrogens with one attached hydrogen (secondary N) is 1. The Labute approximate surface area is 134 Å². The monoisotopic (exact) mass is 328 g/mol. The number of amides is 1. The van der Waals surface area contributed by atoms with Gasteiger partial charge in [-0.05, 0) is 38.1 Å². The van der Waals surface area contributed by atoms with Gasteiger partial charge in [-0.3, -0.25) is 4.79 Å². The largest absolute Gasteiger partial charge is 0.350 e. The van der Waals surface area contributed by atoms with Crippen molar-refractivity contribution in [2.24, 2.45) is 5.73 Å². The molecule has 114 valence electrons. The number of benzene rings is 1. The maximum Gasteiger partial charge on any atom is 0.254 e. The fourth-order valence-corrected chi connectivity index (χ4v) is 1.71. The lowest BCUT2D eigenvalue weighted by molar-refractivity contribution is 0.0946. The predicted molar refractivity (Wildman–Crippen MR) is 86.4 cm³/mol. The third-order valence-electron chi connectivity index (χ3n) is 2.64. The lowest BCUT2D eigenvalue weighted by Gasteiger charge is -2.18. The van der Waals surface area contributed by atoms with Crippen LogP contribution in [0, 0.1) is 0 Å². The predicted octanol–water partition coefficient (Wildman–Crippen LogP) is 2.41. The summed E-state index contributed by atoms with van der Waals surface area (Å²) in [6, 6.07) is 7.21. The van der Waals surface area contributed by atoms with Gasteiger partial charge in [0.15, 0.2) is 0 Å². The van der Waals surface area contributed by atoms with E-state index in [4.69, 9.17) is 17.3 Å². The Morgan fingerprint density at radius 1 is 1.38 bits per heavy atom. The number of nitrogens with two attached hydrogens (primary N) is 1. The molecule has 1 amide bonds. The number of hydrogen-bond donors (Lipinski definition) is 2. The Bertz CT molecular complexity index is 602. The van der Waals surface area contributed by atoms with E-state index in [2.05, 4.69) is 10.4 Å². The summed E-state index contributed by atoms with van der Waals surface area (Å²) in [6.07, 6.45) is 3.19. The summed E-state index contributed by atoms with van der Waals surface area (Å²) >= 11 is 5.83. The Morgan fingerprint density at radius 3 is 2.57 bits per heavy atom. The second-order valence-electron chi connectivity index (χ2n) is 5.32. The van der Waals surface area contributed by atoms with E-state index < -0.39 is 5.54 Å². The van der Waals surface area contributed by atoms with Crippen molar-refractivity contribution < 1.29 is 4.79 Å². The van der Waals surface area contributed by atoms with Gasteiger partial charge in [0.1, 0.15) is 0 Å². The summed E-state index contributed by atoms with van der Waals surface area (Å²) in [5, 5.41) is 7.59. The average molecular weight is 329 g/mol. The minimum atomic E-state index is -0.443. The molecule has 0 saturated heterocycles. The van der Waals surface area contributed by atoms with Gasteiger partial charge < -0.3 is 11.1 Å². The number of rotatable bonds is 4. The van der Waals surface area contributed by atoms with Gasteiger partial charge in [-0.1, -0.05) is 11.6 Å². The second kappa shape index (κ2) is 6.93. The fourth-order valence-electron chi connectivity index (χ4n) is 1.59. The molecule has 0 saturated carbocycles. The topological polar surface area (TPSA) is 72.9 Å². The molecule has 0 bridgehead atoms. The van der Waals surface area contributed by atoms with Crippen molar-refractivity contribution in [3.05, 3.63) is 47.2 Å². The van der Waals surface area contributed by atoms with E-state index in [1.807, 2.05) is 26.0 Å². The number of aromatic nitrogens is 2. The molecular formula is C14H18Cl2N4O. The Balaban J connectivity index is 0.00000220. The molecule has 21 heavy (non-hydrogen) atoms. The Morgan fingerprint density at radius 2 is 2.00 bits per heavy atom. The molecule has 0 aliphatic rings. The third kappa shape index (κ3) is 5.04. The van der Waals surface area contributed by atoms with Gasteiger partial charge in [0, 0.05) is 23.3 Å². The van der Waals surface area contributed by atoms with E-state index in [1.54, 1.807) is 23.0 Å². The molecule has 7 heteroatoms. The Hall–Kier alpha value is -1.56. The molecule has 0 spiro atoms. The SMILES string of the molecule is CC(C)(N)CNC(=O)c1cnn(-c2ccc(Cl)cc2)c1.Cl. The zero-order chi connectivity index (χ0) is 14.8. The van der Waals surface area contributed by atoms with E-state index >= 15 is 0 Å². The molecule has 0 atom stereocenters. The molecule has 1 aromatic carbocycles. The van der Waals surface area contributed by atoms with Crippen LogP contribution < -0.4 is 11.1 Å². The van der Waals surface area contributed by atoms with Crippen LogP contribution in [0.25, 0.3) is 5.69 Å². The molecule has 0 unspecified atom stereocenters. The molecule has 2 rings (SSSR count). The fraction of sp³-hybridized carbons (Fsp3) is 0.286. The highest BCUT2D eigenvalue weighted by molar-refractivity contribution is 6.30. The van der Waals surface area contributed by atoms with Crippen molar-refractivity contribution in [1.82, 2.24) is 15.1 Å². The van der Waals surface area contributed by atoms with Crippen molar-refractivity contribution in [2.45, 2.75) is 19.4 Å². The van der Waals surface area contributed by atoms with Gasteiger partial charge in [0.05, 0.1) is 17.4 Å². The van der Waals surface area contributed by atoms with Crippen LogP contribution in [0.5, 0.6) is 0 Å². The van der Waals surface area contributed by atoms with Crippen LogP contribution in [0.4, 0.5) is 0 Å². The molecule has 0 aliphatic heterocycles. The number of carbonyl (C=O) groups excluding carboxylic acids is 1. The van der Waals surface area contributed by atoms with Gasteiger partial charge in [-0.25, -0.2) is 4.68 Å². The van der Waals surface area contributed by atoms with E-state index in [-0.39, 0.29) is 18.3 Å². The highest BCUT2D eigenvalue weighted by Gasteiger charge is 2.14. The summed E-state index contributed by atoms with van der Waals surface area (Å²) in [6.45, 7) is 4.10. The van der Waals surface area contributed by atoms with Crippen molar-refractivity contribution in [3.63, 3.8) is 0 Å². The van der Waals surface area contributed by atoms with Crippen LogP contribution in [0.3, 0.4) is 0 Å². The quantitative estimate of drug-likeness (QED) is 0.905. The minimum Gasteiger partial charge on any atom is -0.350 e. The molecular weight excluding hydrogens is 311 g/mol. The van der Waals surface area contributed by atoms with Crippen molar-refractivity contribution in [1.29, 1.82) is 0 Å². The van der Waals surface area contributed by atoms with E-state index in [0.717, 1.165) is 5.69 Å². The van der Waals surface area contributed by atoms with Crippen LogP contribution in [-0.4, -0.2) is 27.8 Å². The minimum absolute atomic E-state index is 0. The summed E-state index contributed by atoms with van der Waals surface area (Å²) in [5.41, 5.74) is 6.71. The molecule has 1 aromatic heterocycles. The molecule has 5 nitrogen and oxygen atoms in total. The van der Waals surface area contributed by atoms with Crippen LogP contribution in [0.2, 0.25) is 5.02 Å². The van der Waals surface area contributed by atoms with Gasteiger partial charge in [0.25, 0.3) is 5.91 Å². The average Bonchev–Trinajstić information content (AvgIpc) is 2.85. The molecule has 3 N–H and O–H groups in total. The highest BCUT2D eigenvalue weighted by atomic mass is 35.5. The third-order valence-corrected chi connectivity index (χ3v) is 2.89. The Kier molecular flexibility index (Phi) is 5.78. The van der Waals surface area contributed by atoms with Gasteiger partial charge in [-0.15, -0.1) is 12.4 Å². The molecule has 0 aliphatic carbocycles. The van der Waals surface area contributed by atoms with E-state index in [0.29, 0.717) is 17.1 Å². The maximum absolute atomic E-state index is 11.9. The van der Waals surface area contributed by atoms with Crippen LogP contribution in [0.1, 0.15) is 24.2 Å². The van der Waals surface area contributed by atoms with Gasteiger partial charge in [0.2, 0.25) is 0 Å². The number of nitrogens with zero attached hydrogens (tertiary/aromatic N) is 2.